The molecule has 3 aromatic rings. The lowest BCUT2D eigenvalue weighted by molar-refractivity contribution is -0.274. The first-order chi connectivity index (χ1) is 18.7. The number of halogens is 3. The number of carbonyl (C=O) groups excluding carboxylic acids is 1. The number of ether oxygens (including phenoxy) is 2. The fourth-order valence-corrected chi connectivity index (χ4v) is 5.60. The number of carbonyl (C=O) groups is 1. The normalized spacial score (nSPS) is 21.1. The van der Waals surface area contributed by atoms with Crippen molar-refractivity contribution in [3.05, 3.63) is 72.3 Å². The molecule has 206 valence electrons. The van der Waals surface area contributed by atoms with E-state index in [9.17, 15) is 18.0 Å². The number of alkyl halides is 3. The molecule has 1 N–H and O–H groups in total. The molecule has 1 aliphatic carbocycles. The summed E-state index contributed by atoms with van der Waals surface area (Å²) in [4.78, 5) is 14.7. The Labute approximate surface area is 226 Å². The number of nitrogens with zero attached hydrogens (tertiary/aromatic N) is 1. The molecule has 0 bridgehead atoms. The van der Waals surface area contributed by atoms with E-state index in [4.69, 9.17) is 4.74 Å². The number of rotatable bonds is 5. The minimum absolute atomic E-state index is 0.235. The summed E-state index contributed by atoms with van der Waals surface area (Å²) < 4.78 is 47.2. The molecule has 1 heterocycles. The monoisotopic (exact) mass is 538 g/mol. The Morgan fingerprint density at radius 1 is 0.974 bits per heavy atom. The Kier molecular flexibility index (Phi) is 7.73. The van der Waals surface area contributed by atoms with Crippen LogP contribution in [0.25, 0.3) is 11.1 Å². The molecule has 8 heteroatoms. The van der Waals surface area contributed by atoms with Crippen molar-refractivity contribution >= 4 is 17.4 Å². The first kappa shape index (κ1) is 26.9. The van der Waals surface area contributed by atoms with Crippen molar-refractivity contribution in [3.63, 3.8) is 0 Å². The van der Waals surface area contributed by atoms with E-state index in [0.29, 0.717) is 29.6 Å². The highest BCUT2D eigenvalue weighted by molar-refractivity contribution is 6.03. The maximum absolute atomic E-state index is 13.1. The van der Waals surface area contributed by atoms with Crippen molar-refractivity contribution in [2.75, 3.05) is 16.8 Å². The summed E-state index contributed by atoms with van der Waals surface area (Å²) in [6.45, 7) is 4.51. The van der Waals surface area contributed by atoms with Crippen LogP contribution in [-0.2, 0) is 0 Å². The zero-order chi connectivity index (χ0) is 27.6. The maximum atomic E-state index is 13.1. The van der Waals surface area contributed by atoms with Gasteiger partial charge in [0.05, 0.1) is 12.2 Å². The third-order valence-corrected chi connectivity index (χ3v) is 7.74. The first-order valence-corrected chi connectivity index (χ1v) is 13.5. The van der Waals surface area contributed by atoms with Crippen LogP contribution >= 0.6 is 0 Å². The summed E-state index contributed by atoms with van der Waals surface area (Å²) in [5.74, 6) is 1.76. The van der Waals surface area contributed by atoms with Crippen LogP contribution in [0.2, 0.25) is 0 Å². The highest BCUT2D eigenvalue weighted by Gasteiger charge is 2.31. The molecule has 1 unspecified atom stereocenters. The van der Waals surface area contributed by atoms with E-state index < -0.39 is 12.4 Å². The Bertz CT molecular complexity index is 1280. The summed E-state index contributed by atoms with van der Waals surface area (Å²) in [7, 11) is 0. The highest BCUT2D eigenvalue weighted by Crippen LogP contribution is 2.40. The van der Waals surface area contributed by atoms with Gasteiger partial charge in [0.2, 0.25) is 0 Å². The average molecular weight is 539 g/mol. The molecule has 0 saturated heterocycles. The van der Waals surface area contributed by atoms with Crippen molar-refractivity contribution in [3.8, 4) is 22.6 Å². The smallest absolute Gasteiger partial charge is 0.487 e. The van der Waals surface area contributed by atoms with Crippen LogP contribution in [0.5, 0.6) is 11.5 Å². The van der Waals surface area contributed by atoms with E-state index in [0.717, 1.165) is 29.2 Å². The Balaban J connectivity index is 1.28. The van der Waals surface area contributed by atoms with Gasteiger partial charge in [0, 0.05) is 5.69 Å². The zero-order valence-electron chi connectivity index (χ0n) is 22.1. The van der Waals surface area contributed by atoms with Gasteiger partial charge in [-0.3, -0.25) is 4.90 Å². The minimum Gasteiger partial charge on any atom is -0.487 e. The molecular weight excluding hydrogens is 505 g/mol. The SMILES string of the molecule is CCC1CCC(c2ccc(-c3ccc4c(c3)OC(C)CN4C(=O)Nc3ccc(OC(F)(F)F)cc3)cc2)CC1. The Hall–Kier alpha value is -3.68. The standard InChI is InChI=1S/C31H33F3N2O3/c1-3-21-4-6-22(7-5-21)23-8-10-24(11-9-23)25-12-17-28-29(18-25)38-20(2)19-36(28)30(37)35-26-13-15-27(16-14-26)39-31(32,33)34/h8-18,20-22H,3-7,19H2,1-2H3,(H,35,37). The number of fused-ring (bicyclic) bond motifs is 1. The fraction of sp³-hybridized carbons (Fsp3) is 0.387. The second kappa shape index (κ2) is 11.2. The number of nitrogens with one attached hydrogen (secondary N) is 1. The lowest BCUT2D eigenvalue weighted by Gasteiger charge is -2.33. The molecular formula is C31H33F3N2O3. The molecule has 1 atom stereocenters. The number of hydrogen-bond acceptors (Lipinski definition) is 3. The van der Waals surface area contributed by atoms with Gasteiger partial charge in [-0.2, -0.15) is 0 Å². The van der Waals surface area contributed by atoms with Crippen LogP contribution in [0.1, 0.15) is 57.4 Å². The molecule has 3 aromatic carbocycles. The third-order valence-electron chi connectivity index (χ3n) is 7.74. The van der Waals surface area contributed by atoms with Crippen LogP contribution in [0.3, 0.4) is 0 Å². The lowest BCUT2D eigenvalue weighted by Crippen LogP contribution is -2.44. The quantitative estimate of drug-likeness (QED) is 0.353. The first-order valence-electron chi connectivity index (χ1n) is 13.5. The van der Waals surface area contributed by atoms with E-state index in [1.165, 1.54) is 49.8 Å². The molecule has 1 fully saturated rings. The molecule has 5 nitrogen and oxygen atoms in total. The Morgan fingerprint density at radius 3 is 2.28 bits per heavy atom. The zero-order valence-corrected chi connectivity index (χ0v) is 22.1. The van der Waals surface area contributed by atoms with E-state index in [2.05, 4.69) is 41.2 Å². The number of benzene rings is 3. The molecule has 0 radical (unpaired) electrons. The van der Waals surface area contributed by atoms with Gasteiger partial charge in [-0.1, -0.05) is 43.7 Å². The van der Waals surface area contributed by atoms with Gasteiger partial charge in [0.1, 0.15) is 17.6 Å². The highest BCUT2D eigenvalue weighted by atomic mass is 19.4. The van der Waals surface area contributed by atoms with E-state index >= 15 is 0 Å². The third kappa shape index (κ3) is 6.49. The predicted octanol–water partition coefficient (Wildman–Crippen LogP) is 8.76. The summed E-state index contributed by atoms with van der Waals surface area (Å²) in [6, 6.07) is 19.2. The molecule has 1 saturated carbocycles. The van der Waals surface area contributed by atoms with E-state index in [1.807, 2.05) is 25.1 Å². The largest absolute Gasteiger partial charge is 0.573 e. The van der Waals surface area contributed by atoms with E-state index in [-0.39, 0.29) is 11.9 Å². The van der Waals surface area contributed by atoms with Gasteiger partial charge < -0.3 is 14.8 Å². The molecule has 2 aliphatic rings. The van der Waals surface area contributed by atoms with Crippen LogP contribution in [0.4, 0.5) is 29.3 Å². The second-order valence-electron chi connectivity index (χ2n) is 10.5. The van der Waals surface area contributed by atoms with Gasteiger partial charge in [-0.05, 0) is 97.5 Å². The summed E-state index contributed by atoms with van der Waals surface area (Å²) >= 11 is 0. The maximum Gasteiger partial charge on any atom is 0.573 e. The second-order valence-corrected chi connectivity index (χ2v) is 10.5. The minimum atomic E-state index is -4.77. The van der Waals surface area contributed by atoms with Crippen LogP contribution in [-0.4, -0.2) is 25.0 Å². The summed E-state index contributed by atoms with van der Waals surface area (Å²) in [5.41, 5.74) is 4.48. The summed E-state index contributed by atoms with van der Waals surface area (Å²) in [5, 5.41) is 2.75. The molecule has 5 rings (SSSR count). The van der Waals surface area contributed by atoms with Crippen molar-refractivity contribution in [2.24, 2.45) is 5.92 Å². The topological polar surface area (TPSA) is 50.8 Å². The Morgan fingerprint density at radius 2 is 1.64 bits per heavy atom. The molecule has 0 aromatic heterocycles. The van der Waals surface area contributed by atoms with Crippen molar-refractivity contribution in [1.29, 1.82) is 0 Å². The molecule has 2 amide bonds. The number of hydrogen-bond donors (Lipinski definition) is 1. The molecule has 1 aliphatic heterocycles. The van der Waals surface area contributed by atoms with Gasteiger partial charge >= 0.3 is 12.4 Å². The fourth-order valence-electron chi connectivity index (χ4n) is 5.60. The number of amides is 2. The number of anilines is 2. The van der Waals surface area contributed by atoms with Gasteiger partial charge in [0.25, 0.3) is 0 Å². The van der Waals surface area contributed by atoms with Gasteiger partial charge in [-0.25, -0.2) is 4.79 Å². The molecule has 0 spiro atoms. The van der Waals surface area contributed by atoms with Gasteiger partial charge in [-0.15, -0.1) is 13.2 Å². The van der Waals surface area contributed by atoms with Gasteiger partial charge in [0.15, 0.2) is 0 Å². The van der Waals surface area contributed by atoms with Crippen molar-refractivity contribution in [1.82, 2.24) is 0 Å². The summed E-state index contributed by atoms with van der Waals surface area (Å²) in [6.07, 6.45) is 1.40. The molecule has 39 heavy (non-hydrogen) atoms. The van der Waals surface area contributed by atoms with Crippen LogP contribution < -0.4 is 19.7 Å². The lowest BCUT2D eigenvalue weighted by atomic mass is 9.77. The van der Waals surface area contributed by atoms with Crippen LogP contribution in [0.15, 0.2) is 66.7 Å². The average Bonchev–Trinajstić information content (AvgIpc) is 2.92. The predicted molar refractivity (Wildman–Crippen MR) is 146 cm³/mol. The van der Waals surface area contributed by atoms with E-state index in [1.54, 1.807) is 4.90 Å². The van der Waals surface area contributed by atoms with Crippen LogP contribution in [0, 0.1) is 5.92 Å². The number of urea groups is 1. The van der Waals surface area contributed by atoms with Crippen molar-refractivity contribution in [2.45, 2.75) is 64.3 Å². The van der Waals surface area contributed by atoms with Crippen molar-refractivity contribution < 1.29 is 27.4 Å².